The Bertz CT molecular complexity index is 1280. The van der Waals surface area contributed by atoms with Gasteiger partial charge in [0.15, 0.2) is 11.5 Å². The van der Waals surface area contributed by atoms with Gasteiger partial charge in [-0.2, -0.15) is 8.42 Å². The molecule has 174 valence electrons. The number of carbonyl (C=O) groups is 1. The minimum Gasteiger partial charge on any atom is -0.364 e. The Kier molecular flexibility index (Phi) is 4.24. The van der Waals surface area contributed by atoms with Crippen molar-refractivity contribution >= 4 is 33.2 Å². The number of fused-ring (bicyclic) bond motifs is 3. The normalized spacial score (nSPS) is 31.5. The van der Waals surface area contributed by atoms with E-state index in [1.165, 1.54) is 28.8 Å². The van der Waals surface area contributed by atoms with Crippen LogP contribution in [0.3, 0.4) is 0 Å². The molecule has 4 aliphatic rings. The zero-order valence-corrected chi connectivity index (χ0v) is 19.1. The fourth-order valence-electron chi connectivity index (χ4n) is 5.29. The molecule has 1 saturated heterocycles. The number of pyridine rings is 1. The van der Waals surface area contributed by atoms with E-state index in [9.17, 15) is 17.6 Å². The van der Waals surface area contributed by atoms with E-state index in [1.54, 1.807) is 12.1 Å². The molecule has 0 radical (unpaired) electrons. The van der Waals surface area contributed by atoms with Crippen molar-refractivity contribution < 1.29 is 22.1 Å². The first-order chi connectivity index (χ1) is 15.7. The summed E-state index contributed by atoms with van der Waals surface area (Å²) in [7, 11) is -2.31. The smallest absolute Gasteiger partial charge is 0.327 e. The summed E-state index contributed by atoms with van der Waals surface area (Å²) in [6.45, 7) is 1.62. The van der Waals surface area contributed by atoms with Gasteiger partial charge >= 0.3 is 10.2 Å². The molecule has 4 atom stereocenters. The van der Waals surface area contributed by atoms with Gasteiger partial charge in [-0.05, 0) is 50.3 Å². The van der Waals surface area contributed by atoms with Crippen LogP contribution in [0, 0.1) is 5.92 Å². The number of aromatic nitrogens is 2. The van der Waals surface area contributed by atoms with Gasteiger partial charge in [-0.25, -0.2) is 18.0 Å². The van der Waals surface area contributed by atoms with E-state index in [2.05, 4.69) is 11.2 Å². The third-order valence-corrected chi connectivity index (χ3v) is 9.15. The molecule has 0 spiro atoms. The van der Waals surface area contributed by atoms with Gasteiger partial charge < -0.3 is 9.42 Å². The zero-order chi connectivity index (χ0) is 23.1. The quantitative estimate of drug-likeness (QED) is 0.677. The van der Waals surface area contributed by atoms with Crippen molar-refractivity contribution in [3.8, 4) is 0 Å². The molecule has 2 bridgehead atoms. The van der Waals surface area contributed by atoms with Crippen molar-refractivity contribution in [1.82, 2.24) is 15.0 Å². The second-order valence-electron chi connectivity index (χ2n) is 9.52. The first kappa shape index (κ1) is 20.6. The topological polar surface area (TPSA) is 99.8 Å². The summed E-state index contributed by atoms with van der Waals surface area (Å²) in [5, 5.41) is 3.78. The lowest BCUT2D eigenvalue weighted by Crippen LogP contribution is -2.43. The molecule has 33 heavy (non-hydrogen) atoms. The lowest BCUT2D eigenvalue weighted by atomic mass is 9.97. The molecule has 4 unspecified atom stereocenters. The summed E-state index contributed by atoms with van der Waals surface area (Å²) in [4.78, 5) is 19.4. The minimum absolute atomic E-state index is 0.0318. The molecular formula is C22H24FN5O4S. The van der Waals surface area contributed by atoms with Crippen molar-refractivity contribution in [2.45, 2.75) is 50.4 Å². The standard InChI is InChI=1S/C22H24FN5O4S/c1-22(23)11-14(22)12-27-19-6-5-17(24-20(19)26(2)33(27,30)31)13-9-15-3-4-16(10-13)28(15)21(29)18-7-8-32-25-18/h5-9,14-16H,3-4,10-12H2,1-2H3. The zero-order valence-electron chi connectivity index (χ0n) is 18.3. The van der Waals surface area contributed by atoms with Crippen LogP contribution in [0.15, 0.2) is 35.1 Å². The van der Waals surface area contributed by atoms with Crippen LogP contribution in [-0.4, -0.2) is 60.7 Å². The van der Waals surface area contributed by atoms with Crippen LogP contribution in [-0.2, 0) is 10.2 Å². The minimum atomic E-state index is -3.78. The van der Waals surface area contributed by atoms with Gasteiger partial charge in [-0.3, -0.25) is 4.79 Å². The Morgan fingerprint density at radius 1 is 1.30 bits per heavy atom. The largest absolute Gasteiger partial charge is 0.364 e. The number of hydrogen-bond acceptors (Lipinski definition) is 6. The number of hydrogen-bond donors (Lipinski definition) is 0. The second kappa shape index (κ2) is 6.78. The van der Waals surface area contributed by atoms with Gasteiger partial charge in [0.05, 0.1) is 17.4 Å². The van der Waals surface area contributed by atoms with E-state index in [0.717, 1.165) is 18.4 Å². The number of halogens is 1. The van der Waals surface area contributed by atoms with Gasteiger partial charge in [0.2, 0.25) is 0 Å². The average Bonchev–Trinajstić information content (AvgIpc) is 3.12. The highest BCUT2D eigenvalue weighted by molar-refractivity contribution is 7.94. The SMILES string of the molecule is CN1c2nc(C3=CC4CCC(C3)N4C(=O)c3ccon3)ccc2N(CC2CC2(C)F)S1(=O)=O. The lowest BCUT2D eigenvalue weighted by molar-refractivity contribution is 0.0681. The van der Waals surface area contributed by atoms with Crippen LogP contribution in [0.4, 0.5) is 15.9 Å². The summed E-state index contributed by atoms with van der Waals surface area (Å²) in [5.74, 6) is -0.103. The van der Waals surface area contributed by atoms with Crippen molar-refractivity contribution in [1.29, 1.82) is 0 Å². The van der Waals surface area contributed by atoms with Crippen LogP contribution in [0.2, 0.25) is 0 Å². The van der Waals surface area contributed by atoms with Crippen molar-refractivity contribution in [2.75, 3.05) is 22.2 Å². The number of anilines is 2. The maximum atomic E-state index is 14.1. The number of alkyl halides is 1. The fourth-order valence-corrected chi connectivity index (χ4v) is 6.70. The number of nitrogens with zero attached hydrogens (tertiary/aromatic N) is 5. The highest BCUT2D eigenvalue weighted by Gasteiger charge is 2.54. The number of rotatable bonds is 4. The Morgan fingerprint density at radius 3 is 2.76 bits per heavy atom. The summed E-state index contributed by atoms with van der Waals surface area (Å²) >= 11 is 0. The molecule has 1 amide bonds. The summed E-state index contributed by atoms with van der Waals surface area (Å²) in [6, 6.07) is 5.12. The average molecular weight is 474 g/mol. The molecule has 2 aromatic rings. The van der Waals surface area contributed by atoms with E-state index >= 15 is 0 Å². The lowest BCUT2D eigenvalue weighted by Gasteiger charge is -2.33. The molecule has 5 heterocycles. The molecule has 1 saturated carbocycles. The predicted octanol–water partition coefficient (Wildman–Crippen LogP) is 2.78. The summed E-state index contributed by atoms with van der Waals surface area (Å²) in [6.07, 6.45) is 6.17. The fraction of sp³-hybridized carbons (Fsp3) is 0.500. The molecule has 3 aliphatic heterocycles. The molecule has 2 aromatic heterocycles. The van der Waals surface area contributed by atoms with E-state index in [-0.39, 0.29) is 30.5 Å². The van der Waals surface area contributed by atoms with Gasteiger partial charge in [-0.1, -0.05) is 11.2 Å². The van der Waals surface area contributed by atoms with Gasteiger partial charge in [0.25, 0.3) is 5.91 Å². The Labute approximate surface area is 191 Å². The molecular weight excluding hydrogens is 449 g/mol. The van der Waals surface area contributed by atoms with E-state index in [0.29, 0.717) is 35.7 Å². The van der Waals surface area contributed by atoms with E-state index < -0.39 is 15.9 Å². The van der Waals surface area contributed by atoms with Crippen LogP contribution >= 0.6 is 0 Å². The van der Waals surface area contributed by atoms with Crippen LogP contribution < -0.4 is 8.61 Å². The summed E-state index contributed by atoms with van der Waals surface area (Å²) in [5.41, 5.74) is 1.16. The Balaban J connectivity index is 1.29. The monoisotopic (exact) mass is 473 g/mol. The molecule has 0 aromatic carbocycles. The Hall–Kier alpha value is -2.95. The number of carbonyl (C=O) groups excluding carboxylic acids is 1. The predicted molar refractivity (Wildman–Crippen MR) is 119 cm³/mol. The third-order valence-electron chi connectivity index (χ3n) is 7.38. The molecule has 2 fully saturated rings. The van der Waals surface area contributed by atoms with Crippen LogP contribution in [0.5, 0.6) is 0 Å². The van der Waals surface area contributed by atoms with Gasteiger partial charge in [0, 0.05) is 31.6 Å². The summed E-state index contributed by atoms with van der Waals surface area (Å²) < 4.78 is 47.3. The van der Waals surface area contributed by atoms with Crippen LogP contribution in [0.25, 0.3) is 5.57 Å². The van der Waals surface area contributed by atoms with Gasteiger partial charge in [0.1, 0.15) is 11.9 Å². The molecule has 9 nitrogen and oxygen atoms in total. The Morgan fingerprint density at radius 2 is 2.09 bits per heavy atom. The highest BCUT2D eigenvalue weighted by Crippen LogP contribution is 2.50. The first-order valence-corrected chi connectivity index (χ1v) is 12.5. The maximum Gasteiger partial charge on any atom is 0.327 e. The van der Waals surface area contributed by atoms with E-state index in [1.807, 2.05) is 11.0 Å². The van der Waals surface area contributed by atoms with Crippen molar-refractivity contribution in [2.24, 2.45) is 5.92 Å². The molecule has 0 N–H and O–H groups in total. The molecule has 1 aliphatic carbocycles. The van der Waals surface area contributed by atoms with E-state index in [4.69, 9.17) is 9.51 Å². The second-order valence-corrected chi connectivity index (χ2v) is 11.4. The highest BCUT2D eigenvalue weighted by atomic mass is 32.2. The molecule has 11 heteroatoms. The first-order valence-electron chi connectivity index (χ1n) is 11.1. The number of amides is 1. The maximum absolute atomic E-state index is 14.1. The molecule has 6 rings (SSSR count). The van der Waals surface area contributed by atoms with Crippen LogP contribution in [0.1, 0.15) is 48.8 Å². The van der Waals surface area contributed by atoms with Crippen molar-refractivity contribution in [3.05, 3.63) is 41.9 Å². The third kappa shape index (κ3) is 3.08. The van der Waals surface area contributed by atoms with Gasteiger partial charge in [-0.15, -0.1) is 0 Å². The van der Waals surface area contributed by atoms with Crippen molar-refractivity contribution in [3.63, 3.8) is 0 Å².